The Kier molecular flexibility index (Phi) is 4.96. The molecule has 1 heterocycles. The molecular weight excluding hydrogens is 266 g/mol. The Bertz CT molecular complexity index is 534. The van der Waals surface area contributed by atoms with Crippen molar-refractivity contribution in [2.45, 2.75) is 32.7 Å². The topological polar surface area (TPSA) is 75.4 Å². The molecule has 5 nitrogen and oxygen atoms in total. The van der Waals surface area contributed by atoms with Gasteiger partial charge in [-0.15, -0.1) is 0 Å². The number of rotatable bonds is 4. The number of hydrogen-bond acceptors (Lipinski definition) is 3. The van der Waals surface area contributed by atoms with Crippen LogP contribution in [0.4, 0.5) is 0 Å². The molecule has 0 atom stereocenters. The summed E-state index contributed by atoms with van der Waals surface area (Å²) in [6, 6.07) is 5.93. The smallest absolute Gasteiger partial charge is 0.251 e. The van der Waals surface area contributed by atoms with E-state index in [9.17, 15) is 9.59 Å². The van der Waals surface area contributed by atoms with Gasteiger partial charge in [0.15, 0.2) is 0 Å². The summed E-state index contributed by atoms with van der Waals surface area (Å²) in [7, 11) is 0. The number of piperidine rings is 1. The molecule has 2 amide bonds. The summed E-state index contributed by atoms with van der Waals surface area (Å²) in [6.45, 7) is 5.93. The third-order valence-corrected chi connectivity index (χ3v) is 4.07. The highest BCUT2D eigenvalue weighted by Crippen LogP contribution is 2.13. The molecule has 114 valence electrons. The summed E-state index contributed by atoms with van der Waals surface area (Å²) in [5.41, 5.74) is 8.21. The first kappa shape index (κ1) is 15.5. The van der Waals surface area contributed by atoms with E-state index >= 15 is 0 Å². The number of carbonyl (C=O) groups excluding carboxylic acids is 2. The number of amides is 2. The molecule has 5 heteroatoms. The fraction of sp³-hybridized carbons (Fsp3) is 0.500. The van der Waals surface area contributed by atoms with Crippen molar-refractivity contribution in [1.82, 2.24) is 10.2 Å². The molecule has 1 aliphatic rings. The van der Waals surface area contributed by atoms with E-state index in [1.54, 1.807) is 0 Å². The Balaban J connectivity index is 1.86. The zero-order valence-corrected chi connectivity index (χ0v) is 12.7. The van der Waals surface area contributed by atoms with Crippen LogP contribution >= 0.6 is 0 Å². The summed E-state index contributed by atoms with van der Waals surface area (Å²) < 4.78 is 0. The number of likely N-dealkylation sites (tertiary alicyclic amines) is 1. The first-order chi connectivity index (χ1) is 9.95. The molecule has 1 aromatic carbocycles. The van der Waals surface area contributed by atoms with Gasteiger partial charge in [0, 0.05) is 24.7 Å². The lowest BCUT2D eigenvalue weighted by Gasteiger charge is -2.31. The van der Waals surface area contributed by atoms with Crippen molar-refractivity contribution in [2.75, 3.05) is 19.6 Å². The number of aryl methyl sites for hydroxylation is 2. The molecule has 0 radical (unpaired) electrons. The highest BCUT2D eigenvalue weighted by atomic mass is 16.2. The fourth-order valence-corrected chi connectivity index (χ4v) is 2.61. The molecule has 0 aromatic heterocycles. The molecular formula is C16H23N3O2. The van der Waals surface area contributed by atoms with Gasteiger partial charge < -0.3 is 11.1 Å². The fourth-order valence-electron chi connectivity index (χ4n) is 2.61. The van der Waals surface area contributed by atoms with Gasteiger partial charge in [0.2, 0.25) is 5.91 Å². The highest BCUT2D eigenvalue weighted by Gasteiger charge is 2.21. The molecule has 0 unspecified atom stereocenters. The van der Waals surface area contributed by atoms with Crippen LogP contribution in [-0.2, 0) is 4.79 Å². The minimum atomic E-state index is -0.299. The molecule has 0 saturated carbocycles. The first-order valence-corrected chi connectivity index (χ1v) is 7.34. The quantitative estimate of drug-likeness (QED) is 0.867. The Morgan fingerprint density at radius 1 is 1.24 bits per heavy atom. The van der Waals surface area contributed by atoms with Gasteiger partial charge in [-0.2, -0.15) is 0 Å². The maximum atomic E-state index is 12.2. The van der Waals surface area contributed by atoms with Gasteiger partial charge in [-0.1, -0.05) is 6.07 Å². The number of benzene rings is 1. The van der Waals surface area contributed by atoms with E-state index in [1.807, 2.05) is 36.9 Å². The van der Waals surface area contributed by atoms with Crippen LogP contribution in [0, 0.1) is 13.8 Å². The second kappa shape index (κ2) is 6.72. The third kappa shape index (κ3) is 4.29. The van der Waals surface area contributed by atoms with Crippen molar-refractivity contribution in [2.24, 2.45) is 5.73 Å². The summed E-state index contributed by atoms with van der Waals surface area (Å²) >= 11 is 0. The minimum absolute atomic E-state index is 0.0218. The van der Waals surface area contributed by atoms with Crippen molar-refractivity contribution in [3.05, 3.63) is 34.9 Å². The zero-order valence-electron chi connectivity index (χ0n) is 12.7. The Labute approximate surface area is 125 Å². The van der Waals surface area contributed by atoms with Gasteiger partial charge in [0.05, 0.1) is 6.54 Å². The van der Waals surface area contributed by atoms with Crippen molar-refractivity contribution < 1.29 is 9.59 Å². The minimum Gasteiger partial charge on any atom is -0.369 e. The molecule has 0 bridgehead atoms. The maximum absolute atomic E-state index is 12.2. The van der Waals surface area contributed by atoms with Crippen LogP contribution in [0.2, 0.25) is 0 Å². The van der Waals surface area contributed by atoms with E-state index in [0.717, 1.165) is 31.5 Å². The van der Waals surface area contributed by atoms with E-state index < -0.39 is 0 Å². The van der Waals surface area contributed by atoms with Gasteiger partial charge in [0.1, 0.15) is 0 Å². The molecule has 2 rings (SSSR count). The molecule has 1 aromatic rings. The average Bonchev–Trinajstić information content (AvgIpc) is 2.43. The maximum Gasteiger partial charge on any atom is 0.251 e. The largest absolute Gasteiger partial charge is 0.369 e. The Morgan fingerprint density at radius 3 is 2.48 bits per heavy atom. The van der Waals surface area contributed by atoms with Crippen LogP contribution < -0.4 is 11.1 Å². The van der Waals surface area contributed by atoms with Gasteiger partial charge >= 0.3 is 0 Å². The number of carbonyl (C=O) groups is 2. The van der Waals surface area contributed by atoms with Crippen LogP contribution in [-0.4, -0.2) is 42.4 Å². The molecule has 1 aliphatic heterocycles. The van der Waals surface area contributed by atoms with E-state index in [-0.39, 0.29) is 17.9 Å². The van der Waals surface area contributed by atoms with Gasteiger partial charge in [-0.3, -0.25) is 14.5 Å². The van der Waals surface area contributed by atoms with Crippen molar-refractivity contribution in [1.29, 1.82) is 0 Å². The van der Waals surface area contributed by atoms with Gasteiger partial charge in [0.25, 0.3) is 5.91 Å². The second-order valence-electron chi connectivity index (χ2n) is 5.79. The lowest BCUT2D eigenvalue weighted by molar-refractivity contribution is -0.119. The molecule has 0 aliphatic carbocycles. The highest BCUT2D eigenvalue weighted by molar-refractivity contribution is 5.94. The Hall–Kier alpha value is -1.88. The molecule has 0 spiro atoms. The van der Waals surface area contributed by atoms with Crippen LogP contribution in [0.1, 0.15) is 34.3 Å². The normalized spacial score (nSPS) is 16.7. The monoisotopic (exact) mass is 289 g/mol. The van der Waals surface area contributed by atoms with E-state index in [0.29, 0.717) is 12.1 Å². The predicted octanol–water partition coefficient (Wildman–Crippen LogP) is 0.983. The third-order valence-electron chi connectivity index (χ3n) is 4.07. The lowest BCUT2D eigenvalue weighted by Crippen LogP contribution is -2.46. The number of nitrogens with two attached hydrogens (primary N) is 1. The predicted molar refractivity (Wildman–Crippen MR) is 82.0 cm³/mol. The van der Waals surface area contributed by atoms with E-state index in [1.165, 1.54) is 5.56 Å². The van der Waals surface area contributed by atoms with Crippen molar-refractivity contribution >= 4 is 11.8 Å². The van der Waals surface area contributed by atoms with Crippen LogP contribution in [0.25, 0.3) is 0 Å². The van der Waals surface area contributed by atoms with Gasteiger partial charge in [-0.05, 0) is 49.9 Å². The van der Waals surface area contributed by atoms with Crippen LogP contribution in [0.3, 0.4) is 0 Å². The number of primary amides is 1. The first-order valence-electron chi connectivity index (χ1n) is 7.34. The summed E-state index contributed by atoms with van der Waals surface area (Å²) in [4.78, 5) is 25.1. The number of nitrogens with one attached hydrogen (secondary N) is 1. The molecule has 3 N–H and O–H groups in total. The summed E-state index contributed by atoms with van der Waals surface area (Å²) in [6.07, 6.45) is 1.70. The summed E-state index contributed by atoms with van der Waals surface area (Å²) in [5, 5.41) is 3.07. The number of nitrogens with zero attached hydrogens (tertiary/aromatic N) is 1. The second-order valence-corrected chi connectivity index (χ2v) is 5.79. The molecule has 1 fully saturated rings. The molecule has 21 heavy (non-hydrogen) atoms. The van der Waals surface area contributed by atoms with Gasteiger partial charge in [-0.25, -0.2) is 0 Å². The average molecular weight is 289 g/mol. The van der Waals surface area contributed by atoms with Crippen LogP contribution in [0.5, 0.6) is 0 Å². The van der Waals surface area contributed by atoms with Crippen LogP contribution in [0.15, 0.2) is 18.2 Å². The summed E-state index contributed by atoms with van der Waals surface area (Å²) in [5.74, 6) is -0.320. The zero-order chi connectivity index (χ0) is 15.4. The number of hydrogen-bond donors (Lipinski definition) is 2. The Morgan fingerprint density at radius 2 is 1.90 bits per heavy atom. The standard InChI is InChI=1S/C16H23N3O2/c1-11-3-4-13(9-12(11)2)16(21)18-14-5-7-19(8-6-14)10-15(17)20/h3-4,9,14H,5-8,10H2,1-2H3,(H2,17,20)(H,18,21). The van der Waals surface area contributed by atoms with E-state index in [4.69, 9.17) is 5.73 Å². The van der Waals surface area contributed by atoms with E-state index in [2.05, 4.69) is 5.32 Å². The van der Waals surface area contributed by atoms with Crippen molar-refractivity contribution in [3.8, 4) is 0 Å². The lowest BCUT2D eigenvalue weighted by atomic mass is 10.0. The SMILES string of the molecule is Cc1ccc(C(=O)NC2CCN(CC(N)=O)CC2)cc1C. The van der Waals surface area contributed by atoms with Crippen molar-refractivity contribution in [3.63, 3.8) is 0 Å². The molecule has 1 saturated heterocycles.